The first-order chi connectivity index (χ1) is 11.1. The van der Waals surface area contributed by atoms with E-state index >= 15 is 0 Å². The minimum absolute atomic E-state index is 0.0657. The third-order valence-corrected chi connectivity index (χ3v) is 4.47. The summed E-state index contributed by atoms with van der Waals surface area (Å²) in [6.45, 7) is 1.52. The highest BCUT2D eigenvalue weighted by Gasteiger charge is 2.21. The Bertz CT molecular complexity index is 703. The van der Waals surface area contributed by atoms with E-state index in [4.69, 9.17) is 4.74 Å². The highest BCUT2D eigenvalue weighted by molar-refractivity contribution is 7.98. The Balaban J connectivity index is 1.77. The lowest BCUT2D eigenvalue weighted by Gasteiger charge is -2.28. The topological polar surface area (TPSA) is 38.2 Å². The van der Waals surface area contributed by atoms with Crippen molar-refractivity contribution in [3.8, 4) is 5.75 Å². The van der Waals surface area contributed by atoms with Gasteiger partial charge >= 0.3 is 0 Å². The predicted octanol–water partition coefficient (Wildman–Crippen LogP) is 3.04. The summed E-state index contributed by atoms with van der Waals surface area (Å²) in [5, 5.41) is 0.754. The molecule has 4 nitrogen and oxygen atoms in total. The summed E-state index contributed by atoms with van der Waals surface area (Å²) >= 11 is 1.51. The Morgan fingerprint density at radius 1 is 1.30 bits per heavy atom. The van der Waals surface area contributed by atoms with Crippen LogP contribution >= 0.6 is 11.8 Å². The van der Waals surface area contributed by atoms with E-state index in [9.17, 15) is 8.78 Å². The van der Waals surface area contributed by atoms with E-state index in [1.54, 1.807) is 6.20 Å². The van der Waals surface area contributed by atoms with Crippen LogP contribution in [0.15, 0.2) is 23.5 Å². The molecule has 0 spiro atoms. The Morgan fingerprint density at radius 3 is 2.70 bits per heavy atom. The molecule has 2 aromatic rings. The van der Waals surface area contributed by atoms with Crippen molar-refractivity contribution in [1.82, 2.24) is 14.9 Å². The summed E-state index contributed by atoms with van der Waals surface area (Å²) < 4.78 is 33.0. The summed E-state index contributed by atoms with van der Waals surface area (Å²) in [7, 11) is 1.39. The smallest absolute Gasteiger partial charge is 0.187 e. The second kappa shape index (κ2) is 6.80. The summed E-state index contributed by atoms with van der Waals surface area (Å²) in [4.78, 5) is 10.8. The van der Waals surface area contributed by atoms with Crippen LogP contribution in [0.4, 0.5) is 8.78 Å². The van der Waals surface area contributed by atoms with Gasteiger partial charge < -0.3 is 4.74 Å². The number of methoxy groups -OCH3 is 1. The molecule has 0 saturated carbocycles. The third kappa shape index (κ3) is 3.45. The van der Waals surface area contributed by atoms with Crippen molar-refractivity contribution < 1.29 is 13.5 Å². The fourth-order valence-corrected chi connectivity index (χ4v) is 3.02. The standard InChI is InChI=1S/C16H17F2N3OS/c1-22-11-5-13(17)12(14(18)6-11)9-21-4-3-15-10(8-21)7-19-16(20-15)23-2/h5-7H,3-4,8-9H2,1-2H3. The maximum Gasteiger partial charge on any atom is 0.187 e. The second-order valence-corrected chi connectivity index (χ2v) is 6.13. The van der Waals surface area contributed by atoms with Gasteiger partial charge in [-0.1, -0.05) is 11.8 Å². The van der Waals surface area contributed by atoms with Gasteiger partial charge in [-0.05, 0) is 6.26 Å². The van der Waals surface area contributed by atoms with Crippen molar-refractivity contribution in [2.75, 3.05) is 19.9 Å². The minimum Gasteiger partial charge on any atom is -0.497 e. The highest BCUT2D eigenvalue weighted by Crippen LogP contribution is 2.25. The van der Waals surface area contributed by atoms with E-state index in [1.807, 2.05) is 11.2 Å². The molecule has 1 aromatic carbocycles. The van der Waals surface area contributed by atoms with Gasteiger partial charge in [0.25, 0.3) is 0 Å². The zero-order chi connectivity index (χ0) is 16.4. The Morgan fingerprint density at radius 2 is 2.04 bits per heavy atom. The van der Waals surface area contributed by atoms with Crippen LogP contribution in [0.25, 0.3) is 0 Å². The molecule has 23 heavy (non-hydrogen) atoms. The zero-order valence-corrected chi connectivity index (χ0v) is 13.8. The average molecular weight is 337 g/mol. The quantitative estimate of drug-likeness (QED) is 0.633. The van der Waals surface area contributed by atoms with Gasteiger partial charge in [-0.15, -0.1) is 0 Å². The van der Waals surface area contributed by atoms with Gasteiger partial charge in [0.05, 0.1) is 12.8 Å². The summed E-state index contributed by atoms with van der Waals surface area (Å²) in [6, 6.07) is 2.42. The molecule has 0 N–H and O–H groups in total. The Labute approximate surface area is 137 Å². The van der Waals surface area contributed by atoms with E-state index in [1.165, 1.54) is 31.0 Å². The molecule has 0 atom stereocenters. The van der Waals surface area contributed by atoms with Crippen molar-refractivity contribution in [3.05, 3.63) is 46.8 Å². The van der Waals surface area contributed by atoms with Crippen LogP contribution < -0.4 is 4.74 Å². The Kier molecular flexibility index (Phi) is 4.77. The number of benzene rings is 1. The van der Waals surface area contributed by atoms with Gasteiger partial charge in [-0.25, -0.2) is 18.7 Å². The fraction of sp³-hybridized carbons (Fsp3) is 0.375. The average Bonchev–Trinajstić information content (AvgIpc) is 2.57. The van der Waals surface area contributed by atoms with Crippen molar-refractivity contribution in [2.45, 2.75) is 24.7 Å². The van der Waals surface area contributed by atoms with Crippen molar-refractivity contribution in [3.63, 3.8) is 0 Å². The van der Waals surface area contributed by atoms with Crippen LogP contribution in [0.2, 0.25) is 0 Å². The maximum absolute atomic E-state index is 14.1. The van der Waals surface area contributed by atoms with Gasteiger partial charge in [0.15, 0.2) is 5.16 Å². The normalized spacial score (nSPS) is 14.6. The first-order valence-electron chi connectivity index (χ1n) is 7.23. The largest absolute Gasteiger partial charge is 0.497 e. The van der Waals surface area contributed by atoms with Gasteiger partial charge in [0, 0.05) is 55.5 Å². The molecule has 1 aliphatic rings. The van der Waals surface area contributed by atoms with Gasteiger partial charge in [-0.3, -0.25) is 4.90 Å². The SMILES string of the molecule is COc1cc(F)c(CN2CCc3nc(SC)ncc3C2)c(F)c1. The van der Waals surface area contributed by atoms with E-state index < -0.39 is 11.6 Å². The summed E-state index contributed by atoms with van der Waals surface area (Å²) in [6.07, 6.45) is 4.50. The van der Waals surface area contributed by atoms with Crippen LogP contribution in [0.1, 0.15) is 16.8 Å². The molecule has 7 heteroatoms. The molecule has 0 amide bonds. The molecule has 3 rings (SSSR count). The molecule has 0 aliphatic carbocycles. The maximum atomic E-state index is 14.1. The molecule has 0 unspecified atom stereocenters. The van der Waals surface area contributed by atoms with Crippen LogP contribution in [-0.4, -0.2) is 34.8 Å². The van der Waals surface area contributed by atoms with Crippen molar-refractivity contribution >= 4 is 11.8 Å². The van der Waals surface area contributed by atoms with E-state index in [-0.39, 0.29) is 17.9 Å². The predicted molar refractivity (Wildman–Crippen MR) is 84.5 cm³/mol. The molecule has 0 fully saturated rings. The highest BCUT2D eigenvalue weighted by atomic mass is 32.2. The van der Waals surface area contributed by atoms with Crippen molar-refractivity contribution in [1.29, 1.82) is 0 Å². The van der Waals surface area contributed by atoms with E-state index in [2.05, 4.69) is 9.97 Å². The number of aromatic nitrogens is 2. The van der Waals surface area contributed by atoms with Crippen LogP contribution in [0, 0.1) is 11.6 Å². The molecular weight excluding hydrogens is 320 g/mol. The first kappa shape index (κ1) is 16.1. The number of rotatable bonds is 4. The molecule has 0 saturated heterocycles. The molecule has 122 valence electrons. The molecule has 0 bridgehead atoms. The number of hydrogen-bond acceptors (Lipinski definition) is 5. The Hall–Kier alpha value is -1.73. The van der Waals surface area contributed by atoms with Crippen LogP contribution in [0.3, 0.4) is 0 Å². The second-order valence-electron chi connectivity index (χ2n) is 5.36. The summed E-state index contributed by atoms with van der Waals surface area (Å²) in [5.41, 5.74) is 2.11. The zero-order valence-electron chi connectivity index (χ0n) is 13.0. The van der Waals surface area contributed by atoms with Crippen molar-refractivity contribution in [2.24, 2.45) is 0 Å². The van der Waals surface area contributed by atoms with Gasteiger partial charge in [0.2, 0.25) is 0 Å². The fourth-order valence-electron chi connectivity index (χ4n) is 2.66. The number of fused-ring (bicyclic) bond motifs is 1. The van der Waals surface area contributed by atoms with Gasteiger partial charge in [0.1, 0.15) is 17.4 Å². The van der Waals surface area contributed by atoms with E-state index in [0.29, 0.717) is 13.1 Å². The molecule has 0 radical (unpaired) electrons. The van der Waals surface area contributed by atoms with Gasteiger partial charge in [-0.2, -0.15) is 0 Å². The lowest BCUT2D eigenvalue weighted by Crippen LogP contribution is -2.31. The first-order valence-corrected chi connectivity index (χ1v) is 8.46. The van der Waals surface area contributed by atoms with E-state index in [0.717, 1.165) is 22.8 Å². The third-order valence-electron chi connectivity index (χ3n) is 3.91. The number of thioether (sulfide) groups is 1. The lowest BCUT2D eigenvalue weighted by atomic mass is 10.1. The van der Waals surface area contributed by atoms with Crippen LogP contribution in [0.5, 0.6) is 5.75 Å². The lowest BCUT2D eigenvalue weighted by molar-refractivity contribution is 0.235. The minimum atomic E-state index is -0.582. The number of halogens is 2. The molecular formula is C16H17F2N3OS. The number of nitrogens with zero attached hydrogens (tertiary/aromatic N) is 3. The number of hydrogen-bond donors (Lipinski definition) is 0. The summed E-state index contributed by atoms with van der Waals surface area (Å²) in [5.74, 6) is -0.978. The molecule has 2 heterocycles. The monoisotopic (exact) mass is 337 g/mol. The number of ether oxygens (including phenoxy) is 1. The molecule has 1 aromatic heterocycles. The molecule has 1 aliphatic heterocycles. The van der Waals surface area contributed by atoms with Crippen LogP contribution in [-0.2, 0) is 19.5 Å².